The molecular formula is C22H35N4O3+. The molecule has 1 aromatic carbocycles. The molecule has 160 valence electrons. The number of nitrogens with one attached hydrogen (secondary N) is 3. The molecule has 1 saturated heterocycles. The normalized spacial score (nSPS) is 21.2. The van der Waals surface area contributed by atoms with Gasteiger partial charge in [-0.3, -0.25) is 14.4 Å². The number of likely N-dealkylation sites (N-methyl/N-ethyl adjacent to an activating group) is 1. The lowest BCUT2D eigenvalue weighted by atomic mass is 9.96. The van der Waals surface area contributed by atoms with Crippen LogP contribution in [0, 0.1) is 0 Å². The molecule has 4 atom stereocenters. The largest absolute Gasteiger partial charge is 0.332 e. The van der Waals surface area contributed by atoms with Crippen LogP contribution in [0.3, 0.4) is 0 Å². The maximum absolute atomic E-state index is 13.1. The van der Waals surface area contributed by atoms with Crippen molar-refractivity contribution in [3.63, 3.8) is 0 Å². The highest BCUT2D eigenvalue weighted by molar-refractivity contribution is 5.93. The van der Waals surface area contributed by atoms with Crippen LogP contribution in [0.4, 0.5) is 11.4 Å². The minimum atomic E-state index is -0.268. The molecule has 0 spiro atoms. The van der Waals surface area contributed by atoms with Crippen LogP contribution in [0.2, 0.25) is 0 Å². The van der Waals surface area contributed by atoms with Crippen LogP contribution in [-0.2, 0) is 14.4 Å². The zero-order valence-electron chi connectivity index (χ0n) is 18.2. The van der Waals surface area contributed by atoms with Crippen LogP contribution in [0.5, 0.6) is 0 Å². The molecule has 1 aliphatic heterocycles. The van der Waals surface area contributed by atoms with E-state index in [1.54, 1.807) is 24.3 Å². The summed E-state index contributed by atoms with van der Waals surface area (Å²) in [5.41, 5.74) is 1.34. The molecule has 2 rings (SSSR count). The zero-order valence-corrected chi connectivity index (χ0v) is 18.2. The van der Waals surface area contributed by atoms with Gasteiger partial charge in [-0.05, 0) is 71.2 Å². The molecule has 7 nitrogen and oxygen atoms in total. The first-order valence-corrected chi connectivity index (χ1v) is 10.6. The Hall–Kier alpha value is -2.41. The fourth-order valence-corrected chi connectivity index (χ4v) is 4.09. The summed E-state index contributed by atoms with van der Waals surface area (Å²) in [4.78, 5) is 39.7. The average Bonchev–Trinajstić information content (AvgIpc) is 2.66. The van der Waals surface area contributed by atoms with Crippen LogP contribution in [0.1, 0.15) is 53.9 Å². The number of rotatable bonds is 7. The third kappa shape index (κ3) is 6.29. The molecule has 1 heterocycles. The van der Waals surface area contributed by atoms with E-state index in [2.05, 4.69) is 24.5 Å². The van der Waals surface area contributed by atoms with Crippen molar-refractivity contribution in [2.45, 2.75) is 72.0 Å². The third-order valence-corrected chi connectivity index (χ3v) is 5.76. The topological polar surface area (TPSA) is 83.0 Å². The molecule has 0 saturated carbocycles. The molecule has 3 amide bonds. The van der Waals surface area contributed by atoms with E-state index in [4.69, 9.17) is 0 Å². The van der Waals surface area contributed by atoms with Crippen molar-refractivity contribution < 1.29 is 19.3 Å². The second-order valence-corrected chi connectivity index (χ2v) is 8.09. The van der Waals surface area contributed by atoms with E-state index in [9.17, 15) is 14.4 Å². The Bertz CT molecular complexity index is 709. The van der Waals surface area contributed by atoms with E-state index in [1.165, 1.54) is 6.92 Å². The Morgan fingerprint density at radius 2 is 1.59 bits per heavy atom. The highest BCUT2D eigenvalue weighted by atomic mass is 16.2. The summed E-state index contributed by atoms with van der Waals surface area (Å²) >= 11 is 0. The minimum Gasteiger partial charge on any atom is -0.332 e. The van der Waals surface area contributed by atoms with Crippen LogP contribution in [0.15, 0.2) is 24.3 Å². The van der Waals surface area contributed by atoms with Crippen molar-refractivity contribution in [1.82, 2.24) is 4.90 Å². The van der Waals surface area contributed by atoms with Crippen LogP contribution in [0.25, 0.3) is 0 Å². The fourth-order valence-electron chi connectivity index (χ4n) is 4.09. The van der Waals surface area contributed by atoms with Crippen LogP contribution in [-0.4, -0.2) is 53.8 Å². The molecular weight excluding hydrogens is 368 g/mol. The highest BCUT2D eigenvalue weighted by Gasteiger charge is 2.36. The number of anilines is 2. The molecule has 0 aliphatic carbocycles. The fraction of sp³-hybridized carbons (Fsp3) is 0.591. The third-order valence-electron chi connectivity index (χ3n) is 5.76. The Kier molecular flexibility index (Phi) is 8.20. The second-order valence-electron chi connectivity index (χ2n) is 8.09. The summed E-state index contributed by atoms with van der Waals surface area (Å²) < 4.78 is 0. The first-order valence-electron chi connectivity index (χ1n) is 10.6. The van der Waals surface area contributed by atoms with Crippen molar-refractivity contribution in [3.8, 4) is 0 Å². The number of quaternary nitrogens is 1. The second kappa shape index (κ2) is 10.4. The summed E-state index contributed by atoms with van der Waals surface area (Å²) in [6.45, 7) is 10.5. The van der Waals surface area contributed by atoms with Crippen molar-refractivity contribution >= 4 is 29.1 Å². The van der Waals surface area contributed by atoms with Gasteiger partial charge in [0, 0.05) is 30.4 Å². The molecule has 3 N–H and O–H groups in total. The standard InChI is InChI=1S/C22H34N4O3/c1-6-25(17(4)22(29)26-15(2)8-7-9-16(26)3)14-21(28)24-20-12-10-19(11-13-20)23-18(5)27/h10-13,15-17H,6-9,14H2,1-5H3,(H,23,27)(H,24,28)/p+1/t15-,16+,17-/m0/s1. The van der Waals surface area contributed by atoms with Crippen LogP contribution < -0.4 is 15.5 Å². The molecule has 1 unspecified atom stereocenters. The summed E-state index contributed by atoms with van der Waals surface area (Å²) in [5, 5.41) is 5.58. The number of benzene rings is 1. The number of hydrogen-bond donors (Lipinski definition) is 3. The number of piperidine rings is 1. The Morgan fingerprint density at radius 1 is 1.07 bits per heavy atom. The number of nitrogens with zero attached hydrogens (tertiary/aromatic N) is 1. The van der Waals surface area contributed by atoms with Gasteiger partial charge in [-0.15, -0.1) is 0 Å². The minimum absolute atomic E-state index is 0.131. The molecule has 1 fully saturated rings. The van der Waals surface area contributed by atoms with Gasteiger partial charge in [0.15, 0.2) is 12.6 Å². The highest BCUT2D eigenvalue weighted by Crippen LogP contribution is 2.22. The van der Waals surface area contributed by atoms with Gasteiger partial charge in [-0.25, -0.2) is 0 Å². The molecule has 0 radical (unpaired) electrons. The van der Waals surface area contributed by atoms with Gasteiger partial charge in [0.1, 0.15) is 0 Å². The summed E-state index contributed by atoms with van der Waals surface area (Å²) in [7, 11) is 0. The summed E-state index contributed by atoms with van der Waals surface area (Å²) in [6.07, 6.45) is 3.24. The predicted molar refractivity (Wildman–Crippen MR) is 115 cm³/mol. The maximum Gasteiger partial charge on any atom is 0.281 e. The monoisotopic (exact) mass is 403 g/mol. The van der Waals surface area contributed by atoms with Gasteiger partial charge < -0.3 is 20.4 Å². The lowest BCUT2D eigenvalue weighted by Crippen LogP contribution is -3.17. The van der Waals surface area contributed by atoms with Gasteiger partial charge in [0.25, 0.3) is 11.8 Å². The lowest BCUT2D eigenvalue weighted by Gasteiger charge is -2.41. The first kappa shape index (κ1) is 22.9. The molecule has 0 aromatic heterocycles. The van der Waals surface area contributed by atoms with E-state index >= 15 is 0 Å². The number of likely N-dealkylation sites (tertiary alicyclic amines) is 1. The Balaban J connectivity index is 1.96. The van der Waals surface area contributed by atoms with Crippen molar-refractivity contribution in [2.24, 2.45) is 0 Å². The van der Waals surface area contributed by atoms with E-state index < -0.39 is 0 Å². The van der Waals surface area contributed by atoms with E-state index in [1.807, 2.05) is 18.7 Å². The number of hydrogen-bond acceptors (Lipinski definition) is 3. The maximum atomic E-state index is 13.1. The Labute approximate surface area is 173 Å². The summed E-state index contributed by atoms with van der Waals surface area (Å²) in [5.74, 6) is -0.137. The Morgan fingerprint density at radius 3 is 2.07 bits per heavy atom. The molecule has 7 heteroatoms. The van der Waals surface area contributed by atoms with E-state index in [-0.39, 0.29) is 42.4 Å². The van der Waals surface area contributed by atoms with Gasteiger partial charge in [-0.2, -0.15) is 0 Å². The SMILES string of the molecule is CC[NH+](CC(=O)Nc1ccc(NC(C)=O)cc1)[C@@H](C)C(=O)N1[C@H](C)CCC[C@@H]1C. The molecule has 1 aromatic rings. The van der Waals surface area contributed by atoms with Crippen LogP contribution >= 0.6 is 0 Å². The molecule has 29 heavy (non-hydrogen) atoms. The number of amides is 3. The van der Waals surface area contributed by atoms with Crippen molar-refractivity contribution in [3.05, 3.63) is 24.3 Å². The summed E-state index contributed by atoms with van der Waals surface area (Å²) in [6, 6.07) is 7.22. The van der Waals surface area contributed by atoms with Gasteiger partial charge in [0.2, 0.25) is 5.91 Å². The number of carbonyl (C=O) groups excluding carboxylic acids is 3. The average molecular weight is 404 g/mol. The predicted octanol–water partition coefficient (Wildman–Crippen LogP) is 1.67. The number of carbonyl (C=O) groups is 3. The molecule has 0 bridgehead atoms. The lowest BCUT2D eigenvalue weighted by molar-refractivity contribution is -0.904. The first-order chi connectivity index (χ1) is 13.7. The smallest absolute Gasteiger partial charge is 0.281 e. The van der Waals surface area contributed by atoms with E-state index in [0.717, 1.165) is 24.2 Å². The zero-order chi connectivity index (χ0) is 21.6. The van der Waals surface area contributed by atoms with E-state index in [0.29, 0.717) is 17.9 Å². The van der Waals surface area contributed by atoms with Gasteiger partial charge >= 0.3 is 0 Å². The van der Waals surface area contributed by atoms with Crippen molar-refractivity contribution in [2.75, 3.05) is 23.7 Å². The van der Waals surface area contributed by atoms with Crippen molar-refractivity contribution in [1.29, 1.82) is 0 Å². The quantitative estimate of drug-likeness (QED) is 0.648. The molecule has 1 aliphatic rings. The van der Waals surface area contributed by atoms with Gasteiger partial charge in [0.05, 0.1) is 6.54 Å². The van der Waals surface area contributed by atoms with Gasteiger partial charge in [-0.1, -0.05) is 0 Å².